The number of esters is 1. The topological polar surface area (TPSA) is 76.7 Å². The monoisotopic (exact) mass is 266 g/mol. The molecule has 6 nitrogen and oxygen atoms in total. The van der Waals surface area contributed by atoms with Gasteiger partial charge in [-0.15, -0.1) is 0 Å². The van der Waals surface area contributed by atoms with E-state index in [1.807, 2.05) is 13.8 Å². The van der Waals surface area contributed by atoms with Gasteiger partial charge in [0, 0.05) is 6.04 Å². The second kappa shape index (κ2) is 7.25. The molecule has 0 saturated heterocycles. The average Bonchev–Trinajstić information content (AvgIpc) is 2.36. The Kier molecular flexibility index (Phi) is 5.66. The summed E-state index contributed by atoms with van der Waals surface area (Å²) in [7, 11) is 1.49. The molecule has 1 aromatic carbocycles. The predicted molar refractivity (Wildman–Crippen MR) is 70.3 cm³/mol. The largest absolute Gasteiger partial charge is 0.493 e. The van der Waals surface area contributed by atoms with Crippen LogP contribution in [-0.4, -0.2) is 31.7 Å². The highest BCUT2D eigenvalue weighted by molar-refractivity contribution is 5.82. The maximum absolute atomic E-state index is 11.6. The number of ether oxygens (including phenoxy) is 2. The van der Waals surface area contributed by atoms with E-state index in [0.29, 0.717) is 11.5 Å². The second-order valence-corrected chi connectivity index (χ2v) is 4.11. The summed E-state index contributed by atoms with van der Waals surface area (Å²) in [4.78, 5) is 22.8. The molecule has 0 atom stereocenters. The number of para-hydroxylation sites is 2. The molecule has 0 unspecified atom stereocenters. The average molecular weight is 266 g/mol. The molecule has 0 aliphatic carbocycles. The Balaban J connectivity index is 2.45. The highest BCUT2D eigenvalue weighted by Gasteiger charge is 2.11. The number of amides is 2. The molecular formula is C13H18N2O4. The Morgan fingerprint density at radius 1 is 1.21 bits per heavy atom. The van der Waals surface area contributed by atoms with Crippen LogP contribution in [0.25, 0.3) is 0 Å². The van der Waals surface area contributed by atoms with Crippen LogP contribution in [-0.2, 0) is 4.79 Å². The molecule has 0 bridgehead atoms. The van der Waals surface area contributed by atoms with Gasteiger partial charge in [-0.3, -0.25) is 0 Å². The van der Waals surface area contributed by atoms with Crippen molar-refractivity contribution in [2.24, 2.45) is 0 Å². The van der Waals surface area contributed by atoms with Crippen LogP contribution >= 0.6 is 0 Å². The van der Waals surface area contributed by atoms with Crippen LogP contribution in [0.1, 0.15) is 13.8 Å². The minimum atomic E-state index is -0.566. The molecule has 0 spiro atoms. The van der Waals surface area contributed by atoms with E-state index in [4.69, 9.17) is 9.47 Å². The molecule has 2 amide bonds. The molecule has 0 aliphatic heterocycles. The fourth-order valence-corrected chi connectivity index (χ4v) is 1.33. The number of rotatable bonds is 5. The molecule has 0 fully saturated rings. The summed E-state index contributed by atoms with van der Waals surface area (Å²) >= 11 is 0. The van der Waals surface area contributed by atoms with Gasteiger partial charge in [-0.2, -0.15) is 0 Å². The third-order valence-electron chi connectivity index (χ3n) is 2.11. The Bertz CT molecular complexity index is 446. The summed E-state index contributed by atoms with van der Waals surface area (Å²) in [6.45, 7) is 3.44. The van der Waals surface area contributed by atoms with Gasteiger partial charge in [0.2, 0.25) is 0 Å². The first-order valence-electron chi connectivity index (χ1n) is 5.91. The standard InChI is InChI=1S/C13H18N2O4/c1-9(2)15-13(17)14-8-12(16)19-11-7-5-4-6-10(11)18-3/h4-7,9H,8H2,1-3H3,(H2,14,15,17). The molecule has 6 heteroatoms. The van der Waals surface area contributed by atoms with E-state index < -0.39 is 12.0 Å². The van der Waals surface area contributed by atoms with Crippen LogP contribution in [0.5, 0.6) is 11.5 Å². The fraction of sp³-hybridized carbons (Fsp3) is 0.385. The highest BCUT2D eigenvalue weighted by atomic mass is 16.6. The Morgan fingerprint density at radius 2 is 1.84 bits per heavy atom. The number of carbonyl (C=O) groups is 2. The number of benzene rings is 1. The lowest BCUT2D eigenvalue weighted by Gasteiger charge is -2.11. The quantitative estimate of drug-likeness (QED) is 0.622. The van der Waals surface area contributed by atoms with Crippen molar-refractivity contribution >= 4 is 12.0 Å². The first-order chi connectivity index (χ1) is 9.02. The second-order valence-electron chi connectivity index (χ2n) is 4.11. The van der Waals surface area contributed by atoms with E-state index in [0.717, 1.165) is 0 Å². The van der Waals surface area contributed by atoms with Gasteiger partial charge in [0.15, 0.2) is 11.5 Å². The van der Waals surface area contributed by atoms with E-state index in [9.17, 15) is 9.59 Å². The zero-order chi connectivity index (χ0) is 14.3. The van der Waals surface area contributed by atoms with Crippen molar-refractivity contribution in [2.75, 3.05) is 13.7 Å². The minimum Gasteiger partial charge on any atom is -0.493 e. The Morgan fingerprint density at radius 3 is 2.42 bits per heavy atom. The fourth-order valence-electron chi connectivity index (χ4n) is 1.33. The van der Waals surface area contributed by atoms with E-state index in [1.54, 1.807) is 24.3 Å². The summed E-state index contributed by atoms with van der Waals surface area (Å²) in [5, 5.41) is 5.01. The van der Waals surface area contributed by atoms with Crippen LogP contribution in [0, 0.1) is 0 Å². The number of carbonyl (C=O) groups excluding carboxylic acids is 2. The van der Waals surface area contributed by atoms with Crippen LogP contribution < -0.4 is 20.1 Å². The van der Waals surface area contributed by atoms with Crippen molar-refractivity contribution < 1.29 is 19.1 Å². The molecule has 2 N–H and O–H groups in total. The minimum absolute atomic E-state index is 0.00485. The molecule has 0 aliphatic rings. The molecule has 19 heavy (non-hydrogen) atoms. The number of hydrogen-bond donors (Lipinski definition) is 2. The Hall–Kier alpha value is -2.24. The lowest BCUT2D eigenvalue weighted by molar-refractivity contribution is -0.133. The number of hydrogen-bond acceptors (Lipinski definition) is 4. The van der Waals surface area contributed by atoms with Crippen molar-refractivity contribution in [3.05, 3.63) is 24.3 Å². The molecule has 1 aromatic rings. The van der Waals surface area contributed by atoms with Gasteiger partial charge in [0.25, 0.3) is 0 Å². The van der Waals surface area contributed by atoms with E-state index in [-0.39, 0.29) is 12.6 Å². The van der Waals surface area contributed by atoms with Crippen molar-refractivity contribution in [1.82, 2.24) is 10.6 Å². The maximum Gasteiger partial charge on any atom is 0.331 e. The summed E-state index contributed by atoms with van der Waals surface area (Å²) in [6, 6.07) is 6.39. The predicted octanol–water partition coefficient (Wildman–Crippen LogP) is 1.31. The van der Waals surface area contributed by atoms with Gasteiger partial charge in [0.05, 0.1) is 7.11 Å². The molecule has 1 rings (SSSR count). The van der Waals surface area contributed by atoms with Gasteiger partial charge in [-0.1, -0.05) is 12.1 Å². The molecular weight excluding hydrogens is 248 g/mol. The van der Waals surface area contributed by atoms with Gasteiger partial charge in [-0.05, 0) is 26.0 Å². The number of methoxy groups -OCH3 is 1. The van der Waals surface area contributed by atoms with E-state index in [1.165, 1.54) is 7.11 Å². The number of urea groups is 1. The van der Waals surface area contributed by atoms with Crippen molar-refractivity contribution in [1.29, 1.82) is 0 Å². The van der Waals surface area contributed by atoms with Gasteiger partial charge >= 0.3 is 12.0 Å². The van der Waals surface area contributed by atoms with E-state index >= 15 is 0 Å². The molecule has 0 heterocycles. The first kappa shape index (κ1) is 14.8. The van der Waals surface area contributed by atoms with Gasteiger partial charge < -0.3 is 20.1 Å². The molecule has 0 radical (unpaired) electrons. The number of nitrogens with one attached hydrogen (secondary N) is 2. The third kappa shape index (κ3) is 5.29. The van der Waals surface area contributed by atoms with E-state index in [2.05, 4.69) is 10.6 Å². The summed E-state index contributed by atoms with van der Waals surface area (Å²) in [5.41, 5.74) is 0. The molecule has 0 saturated carbocycles. The normalized spacial score (nSPS) is 9.89. The van der Waals surface area contributed by atoms with Crippen LogP contribution in [0.4, 0.5) is 4.79 Å². The van der Waals surface area contributed by atoms with Crippen molar-refractivity contribution in [2.45, 2.75) is 19.9 Å². The van der Waals surface area contributed by atoms with Crippen LogP contribution in [0.3, 0.4) is 0 Å². The SMILES string of the molecule is COc1ccccc1OC(=O)CNC(=O)NC(C)C. The lowest BCUT2D eigenvalue weighted by atomic mass is 10.3. The smallest absolute Gasteiger partial charge is 0.331 e. The third-order valence-corrected chi connectivity index (χ3v) is 2.11. The Labute approximate surface area is 112 Å². The van der Waals surface area contributed by atoms with Crippen molar-refractivity contribution in [3.63, 3.8) is 0 Å². The van der Waals surface area contributed by atoms with Crippen LogP contribution in [0.15, 0.2) is 24.3 Å². The van der Waals surface area contributed by atoms with Crippen molar-refractivity contribution in [3.8, 4) is 11.5 Å². The summed E-state index contributed by atoms with van der Waals surface area (Å²) in [5.74, 6) is 0.215. The zero-order valence-corrected chi connectivity index (χ0v) is 11.2. The summed E-state index contributed by atoms with van der Waals surface area (Å²) < 4.78 is 10.1. The van der Waals surface area contributed by atoms with Gasteiger partial charge in [-0.25, -0.2) is 9.59 Å². The highest BCUT2D eigenvalue weighted by Crippen LogP contribution is 2.25. The zero-order valence-electron chi connectivity index (χ0n) is 11.2. The molecule has 104 valence electrons. The van der Waals surface area contributed by atoms with Crippen LogP contribution in [0.2, 0.25) is 0 Å². The van der Waals surface area contributed by atoms with Gasteiger partial charge in [0.1, 0.15) is 6.54 Å². The molecule has 0 aromatic heterocycles. The summed E-state index contributed by atoms with van der Waals surface area (Å²) in [6.07, 6.45) is 0. The lowest BCUT2D eigenvalue weighted by Crippen LogP contribution is -2.42. The first-order valence-corrected chi connectivity index (χ1v) is 5.91. The maximum atomic E-state index is 11.6.